The number of rotatable bonds is 5. The van der Waals surface area contributed by atoms with E-state index in [0.717, 1.165) is 26.0 Å². The van der Waals surface area contributed by atoms with Crippen LogP contribution in [0.3, 0.4) is 0 Å². The summed E-state index contributed by atoms with van der Waals surface area (Å²) in [6.45, 7) is 2.98. The fourth-order valence-corrected chi connectivity index (χ4v) is 2.47. The molecule has 0 amide bonds. The smallest absolute Gasteiger partial charge is 0.176 e. The summed E-state index contributed by atoms with van der Waals surface area (Å²) in [6.07, 6.45) is 2.44. The van der Waals surface area contributed by atoms with Crippen LogP contribution in [0.4, 0.5) is 0 Å². The highest BCUT2D eigenvalue weighted by molar-refractivity contribution is 5.98. The molecule has 1 N–H and O–H groups in total. The Labute approximate surface area is 118 Å². The van der Waals surface area contributed by atoms with Crippen molar-refractivity contribution in [2.24, 2.45) is 0 Å². The molecule has 0 saturated carbocycles. The monoisotopic (exact) mass is 277 g/mol. The Bertz CT molecular complexity index is 483. The van der Waals surface area contributed by atoms with E-state index in [9.17, 15) is 4.79 Å². The molecule has 0 aliphatic carbocycles. The molecule has 1 atom stereocenters. The second-order valence-electron chi connectivity index (χ2n) is 5.05. The molecule has 0 radical (unpaired) electrons. The van der Waals surface area contributed by atoms with Crippen LogP contribution in [0.2, 0.25) is 0 Å². The predicted octanol–water partition coefficient (Wildman–Crippen LogP) is 1.41. The van der Waals surface area contributed by atoms with Gasteiger partial charge in [-0.3, -0.25) is 4.79 Å². The van der Waals surface area contributed by atoms with Gasteiger partial charge in [0.2, 0.25) is 0 Å². The van der Waals surface area contributed by atoms with E-state index in [1.165, 1.54) is 0 Å². The van der Waals surface area contributed by atoms with Gasteiger partial charge < -0.3 is 19.5 Å². The van der Waals surface area contributed by atoms with Crippen LogP contribution in [0.15, 0.2) is 18.2 Å². The highest BCUT2D eigenvalue weighted by atomic mass is 16.6. The van der Waals surface area contributed by atoms with Crippen LogP contribution in [-0.4, -0.2) is 44.8 Å². The molecule has 1 fully saturated rings. The lowest BCUT2D eigenvalue weighted by atomic mass is 10.1. The van der Waals surface area contributed by atoms with Crippen molar-refractivity contribution >= 4 is 5.78 Å². The summed E-state index contributed by atoms with van der Waals surface area (Å²) in [6, 6.07) is 5.33. The van der Waals surface area contributed by atoms with Crippen LogP contribution < -0.4 is 14.8 Å². The molecule has 5 heteroatoms. The summed E-state index contributed by atoms with van der Waals surface area (Å²) in [5, 5.41) is 3.16. The molecular weight excluding hydrogens is 258 g/mol. The zero-order chi connectivity index (χ0) is 13.8. The van der Waals surface area contributed by atoms with E-state index in [-0.39, 0.29) is 11.9 Å². The van der Waals surface area contributed by atoms with Gasteiger partial charge in [0.05, 0.1) is 12.6 Å². The highest BCUT2D eigenvalue weighted by Gasteiger charge is 2.17. The van der Waals surface area contributed by atoms with E-state index in [0.29, 0.717) is 36.8 Å². The van der Waals surface area contributed by atoms with E-state index in [4.69, 9.17) is 14.2 Å². The summed E-state index contributed by atoms with van der Waals surface area (Å²) < 4.78 is 16.4. The Balaban J connectivity index is 1.53. The first-order valence-electron chi connectivity index (χ1n) is 7.08. The maximum absolute atomic E-state index is 12.1. The molecule has 1 aromatic rings. The van der Waals surface area contributed by atoms with Crippen LogP contribution in [0.5, 0.6) is 11.5 Å². The van der Waals surface area contributed by atoms with Crippen molar-refractivity contribution < 1.29 is 19.0 Å². The topological polar surface area (TPSA) is 56.8 Å². The Hall–Kier alpha value is -1.59. The summed E-state index contributed by atoms with van der Waals surface area (Å²) in [4.78, 5) is 12.1. The number of benzene rings is 1. The van der Waals surface area contributed by atoms with Gasteiger partial charge in [0.25, 0.3) is 0 Å². The first-order valence-corrected chi connectivity index (χ1v) is 7.08. The lowest BCUT2D eigenvalue weighted by Gasteiger charge is -2.18. The van der Waals surface area contributed by atoms with Crippen molar-refractivity contribution in [1.82, 2.24) is 5.32 Å². The molecule has 2 aliphatic rings. The largest absolute Gasteiger partial charge is 0.486 e. The minimum absolute atomic E-state index is 0.0555. The van der Waals surface area contributed by atoms with E-state index >= 15 is 0 Å². The molecule has 3 rings (SSSR count). The van der Waals surface area contributed by atoms with Crippen molar-refractivity contribution in [3.8, 4) is 11.5 Å². The summed E-state index contributed by atoms with van der Waals surface area (Å²) >= 11 is 0. The van der Waals surface area contributed by atoms with E-state index in [2.05, 4.69) is 5.32 Å². The van der Waals surface area contributed by atoms with Crippen molar-refractivity contribution in [3.05, 3.63) is 23.8 Å². The fraction of sp³-hybridized carbons (Fsp3) is 0.533. The SMILES string of the molecule is O=C(CNCC1CCCO1)c1ccc2c(c1)OCCO2. The van der Waals surface area contributed by atoms with Gasteiger partial charge >= 0.3 is 0 Å². The second-order valence-corrected chi connectivity index (χ2v) is 5.05. The lowest BCUT2D eigenvalue weighted by molar-refractivity contribution is 0.0954. The van der Waals surface area contributed by atoms with Gasteiger partial charge in [0, 0.05) is 18.7 Å². The number of carbonyl (C=O) groups excluding carboxylic acids is 1. The van der Waals surface area contributed by atoms with Gasteiger partial charge in [-0.05, 0) is 31.0 Å². The molecule has 1 saturated heterocycles. The van der Waals surface area contributed by atoms with E-state index in [1.807, 2.05) is 0 Å². The molecule has 0 spiro atoms. The highest BCUT2D eigenvalue weighted by Crippen LogP contribution is 2.30. The van der Waals surface area contributed by atoms with E-state index < -0.39 is 0 Å². The molecule has 0 aromatic heterocycles. The standard InChI is InChI=1S/C15H19NO4/c17-13(10-16-9-12-2-1-5-18-12)11-3-4-14-15(8-11)20-7-6-19-14/h3-4,8,12,16H,1-2,5-7,9-10H2. The molecule has 2 aliphatic heterocycles. The van der Waals surface area contributed by atoms with Gasteiger partial charge in [-0.2, -0.15) is 0 Å². The number of carbonyl (C=O) groups is 1. The van der Waals surface area contributed by atoms with Crippen molar-refractivity contribution in [2.45, 2.75) is 18.9 Å². The van der Waals surface area contributed by atoms with Crippen molar-refractivity contribution in [3.63, 3.8) is 0 Å². The number of ether oxygens (including phenoxy) is 3. The van der Waals surface area contributed by atoms with Gasteiger partial charge in [-0.15, -0.1) is 0 Å². The molecule has 108 valence electrons. The minimum Gasteiger partial charge on any atom is -0.486 e. The Morgan fingerprint density at radius 1 is 1.20 bits per heavy atom. The molecule has 1 aromatic carbocycles. The van der Waals surface area contributed by atoms with E-state index in [1.54, 1.807) is 18.2 Å². The second kappa shape index (κ2) is 6.24. The molecule has 1 unspecified atom stereocenters. The zero-order valence-electron chi connectivity index (χ0n) is 11.4. The Morgan fingerprint density at radius 3 is 2.85 bits per heavy atom. The molecule has 2 heterocycles. The quantitative estimate of drug-likeness (QED) is 0.825. The van der Waals surface area contributed by atoms with Gasteiger partial charge in [0.15, 0.2) is 17.3 Å². The fourth-order valence-electron chi connectivity index (χ4n) is 2.47. The third-order valence-corrected chi connectivity index (χ3v) is 3.55. The van der Waals surface area contributed by atoms with Crippen LogP contribution in [0.1, 0.15) is 23.2 Å². The molecule has 20 heavy (non-hydrogen) atoms. The van der Waals surface area contributed by atoms with Crippen LogP contribution in [0.25, 0.3) is 0 Å². The average Bonchev–Trinajstić information content (AvgIpc) is 3.00. The molecular formula is C15H19NO4. The lowest BCUT2D eigenvalue weighted by Crippen LogP contribution is -2.31. The first kappa shape index (κ1) is 13.4. The van der Waals surface area contributed by atoms with Crippen LogP contribution in [0, 0.1) is 0 Å². The number of ketones is 1. The van der Waals surface area contributed by atoms with Crippen LogP contribution in [-0.2, 0) is 4.74 Å². The average molecular weight is 277 g/mol. The number of hydrogen-bond acceptors (Lipinski definition) is 5. The minimum atomic E-state index is 0.0555. The maximum Gasteiger partial charge on any atom is 0.176 e. The third kappa shape index (κ3) is 3.11. The number of fused-ring (bicyclic) bond motifs is 1. The van der Waals surface area contributed by atoms with Gasteiger partial charge in [-0.25, -0.2) is 0 Å². The zero-order valence-corrected chi connectivity index (χ0v) is 11.4. The van der Waals surface area contributed by atoms with Crippen molar-refractivity contribution in [2.75, 3.05) is 32.9 Å². The number of Topliss-reactive ketones (excluding diaryl/α,β-unsaturated/α-hetero) is 1. The predicted molar refractivity (Wildman–Crippen MR) is 73.6 cm³/mol. The first-order chi connectivity index (χ1) is 9.83. The van der Waals surface area contributed by atoms with Gasteiger partial charge in [0.1, 0.15) is 13.2 Å². The van der Waals surface area contributed by atoms with Gasteiger partial charge in [-0.1, -0.05) is 0 Å². The normalized spacial score (nSPS) is 20.9. The summed E-state index contributed by atoms with van der Waals surface area (Å²) in [5.74, 6) is 1.42. The van der Waals surface area contributed by atoms with Crippen molar-refractivity contribution in [1.29, 1.82) is 0 Å². The maximum atomic E-state index is 12.1. The Kier molecular flexibility index (Phi) is 4.18. The summed E-state index contributed by atoms with van der Waals surface area (Å²) in [7, 11) is 0. The van der Waals surface area contributed by atoms with Crippen LogP contribution >= 0.6 is 0 Å². The molecule has 5 nitrogen and oxygen atoms in total. The molecule has 0 bridgehead atoms. The summed E-state index contributed by atoms with van der Waals surface area (Å²) in [5.41, 5.74) is 0.647. The number of nitrogens with one attached hydrogen (secondary N) is 1. The Morgan fingerprint density at radius 2 is 2.05 bits per heavy atom. The number of hydrogen-bond donors (Lipinski definition) is 1. The third-order valence-electron chi connectivity index (χ3n) is 3.55.